The molecule has 0 bridgehead atoms. The van der Waals surface area contributed by atoms with Gasteiger partial charge in [0.2, 0.25) is 6.79 Å². The molecule has 4 heteroatoms. The van der Waals surface area contributed by atoms with Gasteiger partial charge in [-0.15, -0.1) is 6.58 Å². The lowest BCUT2D eigenvalue weighted by molar-refractivity contribution is -0.142. The molecule has 2 aliphatic rings. The lowest BCUT2D eigenvalue weighted by atomic mass is 9.69. The Morgan fingerprint density at radius 2 is 2.04 bits per heavy atom. The molecular formula is C22H30O4. The zero-order chi connectivity index (χ0) is 19.1. The van der Waals surface area contributed by atoms with Crippen molar-refractivity contribution < 1.29 is 19.0 Å². The molecule has 142 valence electrons. The number of rotatable bonds is 5. The van der Waals surface area contributed by atoms with Crippen LogP contribution in [0.3, 0.4) is 0 Å². The minimum atomic E-state index is -0.393. The summed E-state index contributed by atoms with van der Waals surface area (Å²) >= 11 is 0. The molecule has 26 heavy (non-hydrogen) atoms. The van der Waals surface area contributed by atoms with Crippen molar-refractivity contribution in [2.24, 2.45) is 5.41 Å². The maximum absolute atomic E-state index is 11.9. The molecule has 1 unspecified atom stereocenters. The summed E-state index contributed by atoms with van der Waals surface area (Å²) < 4.78 is 16.7. The van der Waals surface area contributed by atoms with Crippen molar-refractivity contribution in [2.45, 2.75) is 65.2 Å². The fraction of sp³-hybridized carbons (Fsp3) is 0.591. The maximum Gasteiger partial charge on any atom is 0.306 e. The minimum Gasteiger partial charge on any atom is -0.469 e. The Balaban J connectivity index is 2.11. The van der Waals surface area contributed by atoms with Gasteiger partial charge in [-0.1, -0.05) is 26.8 Å². The summed E-state index contributed by atoms with van der Waals surface area (Å²) in [6, 6.07) is 0. The van der Waals surface area contributed by atoms with Crippen LogP contribution >= 0.6 is 0 Å². The quantitative estimate of drug-likeness (QED) is 0.568. The van der Waals surface area contributed by atoms with E-state index in [4.69, 9.17) is 14.2 Å². The Hall–Kier alpha value is -1.97. The van der Waals surface area contributed by atoms with E-state index in [2.05, 4.69) is 27.4 Å². The molecule has 0 spiro atoms. The zero-order valence-electron chi connectivity index (χ0n) is 16.7. The van der Waals surface area contributed by atoms with Crippen molar-refractivity contribution in [1.29, 1.82) is 0 Å². The lowest BCUT2D eigenvalue weighted by Crippen LogP contribution is -2.27. The Morgan fingerprint density at radius 1 is 1.35 bits per heavy atom. The third kappa shape index (κ3) is 3.10. The number of benzene rings is 1. The fourth-order valence-electron chi connectivity index (χ4n) is 4.45. The first-order chi connectivity index (χ1) is 12.2. The van der Waals surface area contributed by atoms with Crippen LogP contribution < -0.4 is 9.47 Å². The van der Waals surface area contributed by atoms with E-state index >= 15 is 0 Å². The molecule has 1 atom stereocenters. The summed E-state index contributed by atoms with van der Waals surface area (Å²) in [4.78, 5) is 11.9. The summed E-state index contributed by atoms with van der Waals surface area (Å²) in [5, 5.41) is 0. The molecule has 1 heterocycles. The van der Waals surface area contributed by atoms with Crippen LogP contribution in [0.5, 0.6) is 11.5 Å². The molecule has 0 aromatic heterocycles. The van der Waals surface area contributed by atoms with Crippen molar-refractivity contribution >= 4 is 5.97 Å². The van der Waals surface area contributed by atoms with Gasteiger partial charge in [-0.25, -0.2) is 0 Å². The van der Waals surface area contributed by atoms with Crippen LogP contribution in [0.4, 0.5) is 0 Å². The van der Waals surface area contributed by atoms with Crippen LogP contribution in [0.15, 0.2) is 12.7 Å². The third-order valence-corrected chi connectivity index (χ3v) is 6.08. The monoisotopic (exact) mass is 358 g/mol. The fourth-order valence-corrected chi connectivity index (χ4v) is 4.45. The van der Waals surface area contributed by atoms with Crippen molar-refractivity contribution in [3.8, 4) is 11.5 Å². The predicted octanol–water partition coefficient (Wildman–Crippen LogP) is 4.64. The summed E-state index contributed by atoms with van der Waals surface area (Å²) in [7, 11) is 1.42. The smallest absolute Gasteiger partial charge is 0.306 e. The highest BCUT2D eigenvalue weighted by molar-refractivity contribution is 5.71. The summed E-state index contributed by atoms with van der Waals surface area (Å²) in [5.41, 5.74) is 4.81. The SMILES string of the molecule is C=CC(C)(CC(=O)OC)Cc1c(C)c2c(c3c1OCO3)C(C)(C)CCC2. The maximum atomic E-state index is 11.9. The number of carbonyl (C=O) groups excluding carboxylic acids is 1. The summed E-state index contributed by atoms with van der Waals surface area (Å²) in [5.74, 6) is 1.54. The number of hydrogen-bond acceptors (Lipinski definition) is 4. The molecule has 0 N–H and O–H groups in total. The average molecular weight is 358 g/mol. The van der Waals surface area contributed by atoms with Crippen molar-refractivity contribution in [1.82, 2.24) is 0 Å². The Labute approximate surface area is 156 Å². The van der Waals surface area contributed by atoms with Crippen LogP contribution in [0.2, 0.25) is 0 Å². The van der Waals surface area contributed by atoms with E-state index in [0.29, 0.717) is 12.8 Å². The number of allylic oxidation sites excluding steroid dienone is 1. The van der Waals surface area contributed by atoms with Gasteiger partial charge in [0.1, 0.15) is 0 Å². The number of methoxy groups -OCH3 is 1. The molecule has 3 rings (SSSR count). The highest BCUT2D eigenvalue weighted by Gasteiger charge is 2.39. The van der Waals surface area contributed by atoms with Gasteiger partial charge in [-0.2, -0.15) is 0 Å². The van der Waals surface area contributed by atoms with E-state index in [1.807, 2.05) is 13.0 Å². The molecule has 0 saturated heterocycles. The first-order valence-electron chi connectivity index (χ1n) is 9.37. The molecule has 0 saturated carbocycles. The van der Waals surface area contributed by atoms with Crippen LogP contribution in [0, 0.1) is 12.3 Å². The number of carbonyl (C=O) groups is 1. The minimum absolute atomic E-state index is 0.0857. The predicted molar refractivity (Wildman–Crippen MR) is 102 cm³/mol. The van der Waals surface area contributed by atoms with Crippen molar-refractivity contribution in [3.63, 3.8) is 0 Å². The first kappa shape index (κ1) is 18.8. The van der Waals surface area contributed by atoms with E-state index < -0.39 is 5.41 Å². The zero-order valence-corrected chi connectivity index (χ0v) is 16.7. The van der Waals surface area contributed by atoms with Gasteiger partial charge in [-0.05, 0) is 54.6 Å². The molecule has 0 amide bonds. The first-order valence-corrected chi connectivity index (χ1v) is 9.37. The largest absolute Gasteiger partial charge is 0.469 e. The molecule has 1 aromatic carbocycles. The van der Waals surface area contributed by atoms with Crippen molar-refractivity contribution in [3.05, 3.63) is 34.9 Å². The van der Waals surface area contributed by atoms with E-state index in [9.17, 15) is 4.79 Å². The number of esters is 1. The summed E-state index contributed by atoms with van der Waals surface area (Å²) in [6.45, 7) is 13.0. The second kappa shape index (κ2) is 6.64. The van der Waals surface area contributed by atoms with Crippen LogP contribution in [0.25, 0.3) is 0 Å². The number of ether oxygens (including phenoxy) is 3. The van der Waals surface area contributed by atoms with Gasteiger partial charge in [-0.3, -0.25) is 4.79 Å². The van der Waals surface area contributed by atoms with Gasteiger partial charge in [0, 0.05) is 11.1 Å². The Kier molecular flexibility index (Phi) is 4.80. The van der Waals surface area contributed by atoms with Crippen molar-refractivity contribution in [2.75, 3.05) is 13.9 Å². The van der Waals surface area contributed by atoms with Gasteiger partial charge >= 0.3 is 5.97 Å². The number of hydrogen-bond donors (Lipinski definition) is 0. The highest BCUT2D eigenvalue weighted by atomic mass is 16.7. The molecule has 0 fully saturated rings. The topological polar surface area (TPSA) is 44.8 Å². The molecule has 4 nitrogen and oxygen atoms in total. The van der Waals surface area contributed by atoms with Gasteiger partial charge in [0.05, 0.1) is 13.5 Å². The third-order valence-electron chi connectivity index (χ3n) is 6.08. The van der Waals surface area contributed by atoms with Crippen LogP contribution in [-0.2, 0) is 27.8 Å². The van der Waals surface area contributed by atoms with E-state index in [1.54, 1.807) is 0 Å². The number of fused-ring (bicyclic) bond motifs is 3. The second-order valence-electron chi connectivity index (χ2n) is 8.55. The molecule has 0 radical (unpaired) electrons. The average Bonchev–Trinajstić information content (AvgIpc) is 3.06. The van der Waals surface area contributed by atoms with Crippen LogP contribution in [0.1, 0.15) is 62.3 Å². The van der Waals surface area contributed by atoms with E-state index in [0.717, 1.165) is 29.9 Å². The van der Waals surface area contributed by atoms with Gasteiger partial charge < -0.3 is 14.2 Å². The summed E-state index contributed by atoms with van der Waals surface area (Å²) in [6.07, 6.45) is 6.23. The standard InChI is InChI=1S/C22H30O4/c1-7-22(5,12-17(23)24-6)11-16-14(2)15-9-8-10-21(3,4)18(15)20-19(16)25-13-26-20/h7H,1,8-13H2,2-6H3. The van der Waals surface area contributed by atoms with Gasteiger partial charge in [0.25, 0.3) is 0 Å². The Morgan fingerprint density at radius 3 is 2.69 bits per heavy atom. The Bertz CT molecular complexity index is 743. The lowest BCUT2D eigenvalue weighted by Gasteiger charge is -2.36. The van der Waals surface area contributed by atoms with Gasteiger partial charge in [0.15, 0.2) is 11.5 Å². The molecule has 1 aromatic rings. The van der Waals surface area contributed by atoms with E-state index in [-0.39, 0.29) is 18.2 Å². The molecular weight excluding hydrogens is 328 g/mol. The molecule has 1 aliphatic carbocycles. The second-order valence-corrected chi connectivity index (χ2v) is 8.55. The van der Waals surface area contributed by atoms with E-state index in [1.165, 1.54) is 30.2 Å². The highest BCUT2D eigenvalue weighted by Crippen LogP contribution is 2.52. The van der Waals surface area contributed by atoms with Crippen LogP contribution in [-0.4, -0.2) is 19.9 Å². The molecule has 1 aliphatic heterocycles. The normalized spacial score (nSPS) is 19.4.